The smallest absolute Gasteiger partial charge is 0.187 e. The number of hydrogen-bond donors (Lipinski definition) is 0. The lowest BCUT2D eigenvalue weighted by Crippen LogP contribution is -2.50. The minimum absolute atomic E-state index is 0.189. The standard InChI is InChI=1S/C12H12Br2O2/c13-3-10-5-4-6(5)11(14)9(10)8(10)7(4)12(11)15-1-2-16-12/h4-9H,1-3H2/t4-,5+,6+,7-,8+,9+,10+,11-/m0/s1. The number of rotatable bonds is 1. The molecule has 7 fully saturated rings. The van der Waals surface area contributed by atoms with Crippen LogP contribution in [0.5, 0.6) is 0 Å². The van der Waals surface area contributed by atoms with Crippen LogP contribution in [0.15, 0.2) is 0 Å². The summed E-state index contributed by atoms with van der Waals surface area (Å²) in [6.07, 6.45) is 0. The molecule has 0 radical (unpaired) electrons. The van der Waals surface area contributed by atoms with Crippen LogP contribution in [0.25, 0.3) is 0 Å². The highest BCUT2D eigenvalue weighted by atomic mass is 79.9. The second-order valence-electron chi connectivity index (χ2n) is 6.54. The zero-order valence-electron chi connectivity index (χ0n) is 8.66. The molecule has 0 N–H and O–H groups in total. The molecule has 2 bridgehead atoms. The SMILES string of the molecule is BrC[C@@]12[C@@H]3[C@@H]4[C@H]5[C@@H]1[C@H]2[C@@](Br)([C@H]43)C51OCCO1. The van der Waals surface area contributed by atoms with Crippen molar-refractivity contribution in [1.29, 1.82) is 0 Å². The van der Waals surface area contributed by atoms with Crippen LogP contribution in [-0.2, 0) is 9.47 Å². The maximum absolute atomic E-state index is 6.11. The molecule has 1 saturated heterocycles. The maximum atomic E-state index is 6.11. The first-order valence-corrected chi connectivity index (χ1v) is 8.19. The van der Waals surface area contributed by atoms with E-state index in [0.717, 1.165) is 42.8 Å². The van der Waals surface area contributed by atoms with Gasteiger partial charge in [0.05, 0.1) is 17.5 Å². The molecule has 0 aromatic rings. The van der Waals surface area contributed by atoms with E-state index in [2.05, 4.69) is 31.9 Å². The molecule has 4 heteroatoms. The van der Waals surface area contributed by atoms with Crippen molar-refractivity contribution in [2.45, 2.75) is 10.1 Å². The zero-order chi connectivity index (χ0) is 10.5. The Hall–Kier alpha value is 0.880. The van der Waals surface area contributed by atoms with E-state index in [0.29, 0.717) is 11.3 Å². The fraction of sp³-hybridized carbons (Fsp3) is 1.00. The molecule has 0 unspecified atom stereocenters. The topological polar surface area (TPSA) is 18.5 Å². The highest BCUT2D eigenvalue weighted by Crippen LogP contribution is 3.04. The van der Waals surface area contributed by atoms with Gasteiger partial charge in [-0.1, -0.05) is 31.9 Å². The largest absolute Gasteiger partial charge is 0.346 e. The van der Waals surface area contributed by atoms with Gasteiger partial charge >= 0.3 is 0 Å². The fourth-order valence-corrected chi connectivity index (χ4v) is 9.76. The molecule has 8 atom stereocenters. The molecule has 2 nitrogen and oxygen atoms in total. The number of ether oxygens (including phenoxy) is 2. The lowest BCUT2D eigenvalue weighted by molar-refractivity contribution is -0.192. The van der Waals surface area contributed by atoms with Gasteiger partial charge in [-0.2, -0.15) is 0 Å². The van der Waals surface area contributed by atoms with E-state index in [4.69, 9.17) is 9.47 Å². The predicted molar refractivity (Wildman–Crippen MR) is 63.5 cm³/mol. The van der Waals surface area contributed by atoms with E-state index in [1.807, 2.05) is 0 Å². The Morgan fingerprint density at radius 3 is 2.25 bits per heavy atom. The molecule has 1 aliphatic heterocycles. The lowest BCUT2D eigenvalue weighted by atomic mass is 9.95. The molecule has 16 heavy (non-hydrogen) atoms. The minimum Gasteiger partial charge on any atom is -0.346 e. The lowest BCUT2D eigenvalue weighted by Gasteiger charge is -2.37. The van der Waals surface area contributed by atoms with Crippen molar-refractivity contribution in [1.82, 2.24) is 0 Å². The van der Waals surface area contributed by atoms with E-state index < -0.39 is 0 Å². The molecular weight excluding hydrogens is 336 g/mol. The summed E-state index contributed by atoms with van der Waals surface area (Å²) in [4.78, 5) is 0. The highest BCUT2D eigenvalue weighted by Gasteiger charge is 3.08. The first-order chi connectivity index (χ1) is 7.75. The van der Waals surface area contributed by atoms with Crippen LogP contribution in [0.2, 0.25) is 0 Å². The second-order valence-corrected chi connectivity index (χ2v) is 8.41. The Labute approximate surface area is 111 Å². The molecule has 7 rings (SSSR count). The van der Waals surface area contributed by atoms with Crippen LogP contribution in [0.1, 0.15) is 0 Å². The summed E-state index contributed by atoms with van der Waals surface area (Å²) in [7, 11) is 0. The van der Waals surface area contributed by atoms with Gasteiger partial charge in [-0.25, -0.2) is 0 Å². The molecule has 0 aromatic heterocycles. The third kappa shape index (κ3) is 0.473. The van der Waals surface area contributed by atoms with Gasteiger partial charge < -0.3 is 9.47 Å². The van der Waals surface area contributed by atoms with Gasteiger partial charge in [0, 0.05) is 11.2 Å². The number of halogens is 2. The van der Waals surface area contributed by atoms with Crippen molar-refractivity contribution in [3.05, 3.63) is 0 Å². The maximum Gasteiger partial charge on any atom is 0.187 e. The summed E-state index contributed by atoms with van der Waals surface area (Å²) in [5.41, 5.74) is 0.643. The van der Waals surface area contributed by atoms with Crippen LogP contribution in [-0.4, -0.2) is 28.7 Å². The van der Waals surface area contributed by atoms with E-state index in [1.165, 1.54) is 5.33 Å². The molecule has 86 valence electrons. The average Bonchev–Trinajstić information content (AvgIpc) is 2.97. The van der Waals surface area contributed by atoms with E-state index in [9.17, 15) is 0 Å². The zero-order valence-corrected chi connectivity index (χ0v) is 11.8. The van der Waals surface area contributed by atoms with Crippen LogP contribution in [0, 0.1) is 40.9 Å². The minimum atomic E-state index is -0.212. The molecule has 6 aliphatic carbocycles. The summed E-state index contributed by atoms with van der Waals surface area (Å²) in [6, 6.07) is 0. The van der Waals surface area contributed by atoms with Crippen LogP contribution < -0.4 is 0 Å². The third-order valence-electron chi connectivity index (χ3n) is 6.81. The fourth-order valence-electron chi connectivity index (χ4n) is 6.87. The van der Waals surface area contributed by atoms with E-state index in [-0.39, 0.29) is 10.1 Å². The monoisotopic (exact) mass is 346 g/mol. The van der Waals surface area contributed by atoms with Gasteiger partial charge in [0.1, 0.15) is 0 Å². The molecule has 1 spiro atoms. The Balaban J connectivity index is 1.63. The number of hydrogen-bond acceptors (Lipinski definition) is 2. The highest BCUT2D eigenvalue weighted by molar-refractivity contribution is 9.10. The van der Waals surface area contributed by atoms with Crippen LogP contribution >= 0.6 is 31.9 Å². The Morgan fingerprint density at radius 1 is 1.06 bits per heavy atom. The molecular formula is C12H12Br2O2. The average molecular weight is 348 g/mol. The molecule has 0 aromatic carbocycles. The number of alkyl halides is 2. The van der Waals surface area contributed by atoms with Crippen molar-refractivity contribution in [2.24, 2.45) is 40.9 Å². The predicted octanol–water partition coefficient (Wildman–Crippen LogP) is 2.01. The van der Waals surface area contributed by atoms with Crippen molar-refractivity contribution in [3.63, 3.8) is 0 Å². The van der Waals surface area contributed by atoms with E-state index >= 15 is 0 Å². The molecule has 0 amide bonds. The summed E-state index contributed by atoms with van der Waals surface area (Å²) in [6.45, 7) is 1.60. The molecule has 1 heterocycles. The summed E-state index contributed by atoms with van der Waals surface area (Å²) in [5, 5.41) is 1.20. The van der Waals surface area contributed by atoms with Gasteiger partial charge in [-0.05, 0) is 35.0 Å². The van der Waals surface area contributed by atoms with Crippen LogP contribution in [0.4, 0.5) is 0 Å². The Bertz CT molecular complexity index is 448. The summed E-state index contributed by atoms with van der Waals surface area (Å²) in [5.74, 6) is 5.01. The summed E-state index contributed by atoms with van der Waals surface area (Å²) >= 11 is 7.89. The van der Waals surface area contributed by atoms with Crippen molar-refractivity contribution in [3.8, 4) is 0 Å². The van der Waals surface area contributed by atoms with Crippen molar-refractivity contribution >= 4 is 31.9 Å². The van der Waals surface area contributed by atoms with Crippen LogP contribution in [0.3, 0.4) is 0 Å². The van der Waals surface area contributed by atoms with Gasteiger partial charge in [-0.3, -0.25) is 0 Å². The first-order valence-electron chi connectivity index (χ1n) is 6.28. The second kappa shape index (κ2) is 2.00. The third-order valence-corrected chi connectivity index (χ3v) is 9.35. The first kappa shape index (κ1) is 8.89. The molecule has 6 saturated carbocycles. The summed E-state index contributed by atoms with van der Waals surface area (Å²) < 4.78 is 12.4. The van der Waals surface area contributed by atoms with Gasteiger partial charge in [0.25, 0.3) is 0 Å². The Morgan fingerprint density at radius 2 is 1.81 bits per heavy atom. The van der Waals surface area contributed by atoms with Crippen molar-refractivity contribution in [2.75, 3.05) is 18.5 Å². The van der Waals surface area contributed by atoms with Gasteiger partial charge in [-0.15, -0.1) is 0 Å². The Kier molecular flexibility index (Phi) is 1.11. The van der Waals surface area contributed by atoms with E-state index in [1.54, 1.807) is 0 Å². The quantitative estimate of drug-likeness (QED) is 0.675. The van der Waals surface area contributed by atoms with Gasteiger partial charge in [0.15, 0.2) is 5.79 Å². The molecule has 7 aliphatic rings. The van der Waals surface area contributed by atoms with Gasteiger partial charge in [0.2, 0.25) is 0 Å². The van der Waals surface area contributed by atoms with Crippen molar-refractivity contribution < 1.29 is 9.47 Å². The normalized spacial score (nSPS) is 77.6.